The van der Waals surface area contributed by atoms with Crippen molar-refractivity contribution in [1.82, 2.24) is 9.78 Å². The van der Waals surface area contributed by atoms with Gasteiger partial charge in [0.05, 0.1) is 29.0 Å². The third-order valence-corrected chi connectivity index (χ3v) is 5.86. The van der Waals surface area contributed by atoms with Crippen LogP contribution < -0.4 is 5.32 Å². The molecule has 0 fully saturated rings. The maximum atomic E-state index is 12.3. The Morgan fingerprint density at radius 1 is 1.23 bits per heavy atom. The van der Waals surface area contributed by atoms with E-state index in [-0.39, 0.29) is 27.8 Å². The van der Waals surface area contributed by atoms with Gasteiger partial charge in [-0.2, -0.15) is 5.10 Å². The molecule has 0 unspecified atom stereocenters. The molecule has 0 spiro atoms. The molecule has 1 N–H and O–H groups in total. The second-order valence-corrected chi connectivity index (χ2v) is 7.55. The molecule has 0 aliphatic rings. The van der Waals surface area contributed by atoms with Crippen molar-refractivity contribution >= 4 is 56.8 Å². The minimum Gasteiger partial charge on any atom is -0.465 e. The van der Waals surface area contributed by atoms with Crippen LogP contribution in [0, 0.1) is 17.4 Å². The van der Waals surface area contributed by atoms with E-state index in [1.807, 2.05) is 13.1 Å². The van der Waals surface area contributed by atoms with Crippen LogP contribution in [-0.4, -0.2) is 41.8 Å². The Morgan fingerprint density at radius 2 is 1.88 bits per heavy atom. The number of esters is 2. The fourth-order valence-corrected chi connectivity index (χ4v) is 3.81. The first-order valence-electron chi connectivity index (χ1n) is 7.57. The van der Waals surface area contributed by atoms with E-state index < -0.39 is 11.9 Å². The topological polar surface area (TPSA) is 99.5 Å². The van der Waals surface area contributed by atoms with Gasteiger partial charge in [-0.05, 0) is 42.0 Å². The summed E-state index contributed by atoms with van der Waals surface area (Å²) in [6.07, 6.45) is 2.02. The smallest absolute Gasteiger partial charge is 0.348 e. The summed E-state index contributed by atoms with van der Waals surface area (Å²) in [5, 5.41) is 7.25. The summed E-state index contributed by atoms with van der Waals surface area (Å²) in [5.74, 6) is -1.49. The van der Waals surface area contributed by atoms with Crippen molar-refractivity contribution in [3.63, 3.8) is 0 Å². The monoisotopic (exact) mass is 491 g/mol. The highest BCUT2D eigenvalue weighted by Gasteiger charge is 2.26. The lowest BCUT2D eigenvalue weighted by Gasteiger charge is -2.06. The van der Waals surface area contributed by atoms with Gasteiger partial charge in [-0.3, -0.25) is 9.48 Å². The molecule has 8 nitrogen and oxygen atoms in total. The molecule has 0 aromatic carbocycles. The summed E-state index contributed by atoms with van der Waals surface area (Å²) < 4.78 is 12.2. The maximum absolute atomic E-state index is 12.3. The second kappa shape index (κ2) is 8.62. The lowest BCUT2D eigenvalue weighted by Crippen LogP contribution is -2.16. The molecule has 2 rings (SSSR count). The number of halogens is 1. The SMILES string of the molecule is COC(=O)c1sc(NC(=O)CCn2cc(I)c(C)n2)c(C(=O)OC)c1C. The van der Waals surface area contributed by atoms with Crippen LogP contribution in [0.4, 0.5) is 5.00 Å². The van der Waals surface area contributed by atoms with Crippen LogP contribution in [0.5, 0.6) is 0 Å². The van der Waals surface area contributed by atoms with E-state index in [9.17, 15) is 14.4 Å². The molecule has 2 aromatic heterocycles. The van der Waals surface area contributed by atoms with E-state index in [2.05, 4.69) is 33.0 Å². The average Bonchev–Trinajstić information content (AvgIpc) is 3.11. The van der Waals surface area contributed by atoms with E-state index >= 15 is 0 Å². The number of aromatic nitrogens is 2. The molecule has 0 saturated heterocycles. The number of hydrogen-bond acceptors (Lipinski definition) is 7. The second-order valence-electron chi connectivity index (χ2n) is 5.37. The Morgan fingerprint density at radius 3 is 2.42 bits per heavy atom. The first kappa shape index (κ1) is 20.4. The van der Waals surface area contributed by atoms with Gasteiger partial charge in [0, 0.05) is 19.2 Å². The standard InChI is InChI=1S/C16H18IN3O5S/c1-8-12(15(22)24-3)14(26-13(8)16(23)25-4)18-11(21)5-6-20-7-10(17)9(2)19-20/h7H,5-6H2,1-4H3,(H,18,21). The van der Waals surface area contributed by atoms with Gasteiger partial charge >= 0.3 is 11.9 Å². The number of ether oxygens (including phenoxy) is 2. The Bertz CT molecular complexity index is 839. The van der Waals surface area contributed by atoms with Gasteiger partial charge in [0.2, 0.25) is 5.91 Å². The summed E-state index contributed by atoms with van der Waals surface area (Å²) in [6, 6.07) is 0. The fourth-order valence-electron chi connectivity index (χ4n) is 2.25. The minimum absolute atomic E-state index is 0.163. The van der Waals surface area contributed by atoms with Crippen molar-refractivity contribution < 1.29 is 23.9 Å². The lowest BCUT2D eigenvalue weighted by atomic mass is 10.1. The summed E-state index contributed by atoms with van der Waals surface area (Å²) >= 11 is 3.16. The first-order valence-corrected chi connectivity index (χ1v) is 9.47. The van der Waals surface area contributed by atoms with Gasteiger partial charge in [0.1, 0.15) is 9.88 Å². The van der Waals surface area contributed by atoms with Crippen LogP contribution in [0.2, 0.25) is 0 Å². The fraction of sp³-hybridized carbons (Fsp3) is 0.375. The van der Waals surface area contributed by atoms with Crippen molar-refractivity contribution in [3.8, 4) is 0 Å². The maximum Gasteiger partial charge on any atom is 0.348 e. The van der Waals surface area contributed by atoms with Crippen LogP contribution in [0.25, 0.3) is 0 Å². The molecule has 1 amide bonds. The van der Waals surface area contributed by atoms with Crippen molar-refractivity contribution in [1.29, 1.82) is 0 Å². The van der Waals surface area contributed by atoms with Gasteiger partial charge in [-0.1, -0.05) is 0 Å². The molecule has 26 heavy (non-hydrogen) atoms. The first-order chi connectivity index (χ1) is 12.3. The predicted molar refractivity (Wildman–Crippen MR) is 105 cm³/mol. The van der Waals surface area contributed by atoms with E-state index in [1.54, 1.807) is 11.6 Å². The molecule has 0 radical (unpaired) electrons. The van der Waals surface area contributed by atoms with E-state index in [4.69, 9.17) is 9.47 Å². The van der Waals surface area contributed by atoms with Crippen molar-refractivity contribution in [2.75, 3.05) is 19.5 Å². The molecule has 2 heterocycles. The predicted octanol–water partition coefficient (Wildman–Crippen LogP) is 2.77. The van der Waals surface area contributed by atoms with Gasteiger partial charge in [0.25, 0.3) is 0 Å². The summed E-state index contributed by atoms with van der Waals surface area (Å²) in [7, 11) is 2.50. The molecular weight excluding hydrogens is 473 g/mol. The minimum atomic E-state index is -0.624. The number of aryl methyl sites for hydroxylation is 2. The number of thiophene rings is 1. The Balaban J connectivity index is 2.17. The third kappa shape index (κ3) is 4.41. The molecule has 0 aliphatic heterocycles. The number of anilines is 1. The molecule has 2 aromatic rings. The van der Waals surface area contributed by atoms with Crippen LogP contribution >= 0.6 is 33.9 Å². The molecule has 0 aliphatic carbocycles. The van der Waals surface area contributed by atoms with Crippen LogP contribution in [-0.2, 0) is 20.8 Å². The Kier molecular flexibility index (Phi) is 6.75. The van der Waals surface area contributed by atoms with Crippen LogP contribution in [0.1, 0.15) is 37.7 Å². The van der Waals surface area contributed by atoms with E-state index in [1.165, 1.54) is 14.2 Å². The zero-order valence-corrected chi connectivity index (χ0v) is 17.7. The van der Waals surface area contributed by atoms with Crippen molar-refractivity contribution in [2.24, 2.45) is 0 Å². The molecule has 10 heteroatoms. The third-order valence-electron chi connectivity index (χ3n) is 3.61. The number of carbonyl (C=O) groups excluding carboxylic acids is 3. The zero-order valence-electron chi connectivity index (χ0n) is 14.7. The van der Waals surface area contributed by atoms with E-state index in [0.29, 0.717) is 12.1 Å². The molecule has 0 saturated carbocycles. The highest BCUT2D eigenvalue weighted by molar-refractivity contribution is 14.1. The summed E-state index contributed by atoms with van der Waals surface area (Å²) in [5.41, 5.74) is 1.48. The van der Waals surface area contributed by atoms with Crippen molar-refractivity contribution in [2.45, 2.75) is 26.8 Å². The van der Waals surface area contributed by atoms with Gasteiger partial charge in [0.15, 0.2) is 0 Å². The van der Waals surface area contributed by atoms with Gasteiger partial charge in [-0.15, -0.1) is 11.3 Å². The average molecular weight is 491 g/mol. The quantitative estimate of drug-likeness (QED) is 0.493. The number of amides is 1. The molecule has 0 atom stereocenters. The number of nitrogens with zero attached hydrogens (tertiary/aromatic N) is 2. The molecular formula is C16H18IN3O5S. The van der Waals surface area contributed by atoms with Crippen LogP contribution in [0.3, 0.4) is 0 Å². The highest BCUT2D eigenvalue weighted by atomic mass is 127. The van der Waals surface area contributed by atoms with Crippen molar-refractivity contribution in [3.05, 3.63) is 31.5 Å². The van der Waals surface area contributed by atoms with Crippen LogP contribution in [0.15, 0.2) is 6.20 Å². The molecule has 140 valence electrons. The Hall–Kier alpha value is -1.95. The lowest BCUT2D eigenvalue weighted by molar-refractivity contribution is -0.116. The number of hydrogen-bond donors (Lipinski definition) is 1. The number of carbonyl (C=O) groups is 3. The highest BCUT2D eigenvalue weighted by Crippen LogP contribution is 2.34. The number of methoxy groups -OCH3 is 2. The zero-order chi connectivity index (χ0) is 19.4. The number of nitrogens with one attached hydrogen (secondary N) is 1. The summed E-state index contributed by atoms with van der Waals surface area (Å²) in [6.45, 7) is 3.90. The number of rotatable bonds is 6. The molecule has 0 bridgehead atoms. The van der Waals surface area contributed by atoms with Gasteiger partial charge < -0.3 is 14.8 Å². The Labute approximate surface area is 168 Å². The normalized spacial score (nSPS) is 10.5. The van der Waals surface area contributed by atoms with E-state index in [0.717, 1.165) is 20.6 Å². The summed E-state index contributed by atoms with van der Waals surface area (Å²) in [4.78, 5) is 36.4. The van der Waals surface area contributed by atoms with Gasteiger partial charge in [-0.25, -0.2) is 9.59 Å². The largest absolute Gasteiger partial charge is 0.465 e.